The number of hydrogen-bond donors (Lipinski definition) is 2. The van der Waals surface area contributed by atoms with Gasteiger partial charge in [0.25, 0.3) is 0 Å². The Labute approximate surface area is 70.8 Å². The molecule has 66 valence electrons. The number of nitrogens with zero attached hydrogens (tertiary/aromatic N) is 1. The first kappa shape index (κ1) is 8.93. The van der Waals surface area contributed by atoms with E-state index in [0.717, 1.165) is 18.7 Å². The second-order valence-electron chi connectivity index (χ2n) is 2.71. The minimum Gasteiger partial charge on any atom is -0.480 e. The van der Waals surface area contributed by atoms with Gasteiger partial charge in [-0.3, -0.25) is 9.79 Å². The van der Waals surface area contributed by atoms with Crippen molar-refractivity contribution in [2.75, 3.05) is 6.54 Å². The van der Waals surface area contributed by atoms with Crippen LogP contribution in [-0.4, -0.2) is 29.4 Å². The Kier molecular flexibility index (Phi) is 2.99. The molecule has 0 aromatic heterocycles. The maximum Gasteiger partial charge on any atom is 0.320 e. The summed E-state index contributed by atoms with van der Waals surface area (Å²) in [5.74, 6) is -0.975. The normalized spacial score (nSPS) is 18.6. The van der Waals surface area contributed by atoms with Gasteiger partial charge in [0.1, 0.15) is 6.04 Å². The van der Waals surface area contributed by atoms with Gasteiger partial charge in [-0.25, -0.2) is 0 Å². The highest BCUT2D eigenvalue weighted by molar-refractivity contribution is 5.98. The molecule has 0 spiro atoms. The maximum atomic E-state index is 10.4. The van der Waals surface area contributed by atoms with E-state index in [1.54, 1.807) is 0 Å². The van der Waals surface area contributed by atoms with Crippen LogP contribution in [0.25, 0.3) is 0 Å². The van der Waals surface area contributed by atoms with E-state index in [4.69, 9.17) is 10.8 Å². The summed E-state index contributed by atoms with van der Waals surface area (Å²) in [5.41, 5.74) is 6.12. The summed E-state index contributed by atoms with van der Waals surface area (Å²) in [6.07, 6.45) is 5.08. The number of dihydropyridines is 1. The SMILES string of the molecule is N[C@@H](CC1=NCCC=C1)C(=O)O. The van der Waals surface area contributed by atoms with Gasteiger partial charge in [0, 0.05) is 18.7 Å². The van der Waals surface area contributed by atoms with E-state index in [1.165, 1.54) is 0 Å². The van der Waals surface area contributed by atoms with Crippen LogP contribution in [0, 0.1) is 0 Å². The molecule has 0 fully saturated rings. The van der Waals surface area contributed by atoms with Crippen molar-refractivity contribution < 1.29 is 9.90 Å². The zero-order valence-electron chi connectivity index (χ0n) is 6.73. The van der Waals surface area contributed by atoms with E-state index in [9.17, 15) is 4.79 Å². The van der Waals surface area contributed by atoms with Crippen LogP contribution in [0.3, 0.4) is 0 Å². The lowest BCUT2D eigenvalue weighted by atomic mass is 10.1. The number of carboxylic acids is 1. The molecular formula is C8H12N2O2. The molecule has 0 saturated heterocycles. The fraction of sp³-hybridized carbons (Fsp3) is 0.500. The minimum absolute atomic E-state index is 0.325. The molecule has 4 heteroatoms. The summed E-state index contributed by atoms with van der Waals surface area (Å²) < 4.78 is 0. The van der Waals surface area contributed by atoms with Crippen LogP contribution in [-0.2, 0) is 4.79 Å². The van der Waals surface area contributed by atoms with E-state index in [0.29, 0.717) is 6.42 Å². The highest BCUT2D eigenvalue weighted by atomic mass is 16.4. The molecule has 1 heterocycles. The number of allylic oxidation sites excluding steroid dienone is 1. The van der Waals surface area contributed by atoms with E-state index >= 15 is 0 Å². The third-order valence-electron chi connectivity index (χ3n) is 1.67. The highest BCUT2D eigenvalue weighted by Crippen LogP contribution is 2.01. The summed E-state index contributed by atoms with van der Waals surface area (Å²) in [6.45, 7) is 0.748. The van der Waals surface area contributed by atoms with Crippen LogP contribution in [0.4, 0.5) is 0 Å². The fourth-order valence-corrected chi connectivity index (χ4v) is 1.000. The Morgan fingerprint density at radius 1 is 1.83 bits per heavy atom. The van der Waals surface area contributed by atoms with E-state index < -0.39 is 12.0 Å². The Hall–Kier alpha value is -1.16. The first-order valence-corrected chi connectivity index (χ1v) is 3.88. The standard InChI is InChI=1S/C8H12N2O2/c9-7(8(11)12)5-6-3-1-2-4-10-6/h1,3,7H,2,4-5,9H2,(H,11,12)/t7-/m0/s1. The first-order chi connectivity index (χ1) is 5.70. The van der Waals surface area contributed by atoms with Crippen LogP contribution < -0.4 is 5.73 Å². The van der Waals surface area contributed by atoms with Crippen molar-refractivity contribution in [2.45, 2.75) is 18.9 Å². The van der Waals surface area contributed by atoms with Gasteiger partial charge < -0.3 is 10.8 Å². The van der Waals surface area contributed by atoms with Gasteiger partial charge in [-0.1, -0.05) is 6.08 Å². The van der Waals surface area contributed by atoms with Crippen LogP contribution >= 0.6 is 0 Å². The number of aliphatic imine (C=N–C) groups is 1. The number of hydrogen-bond acceptors (Lipinski definition) is 3. The predicted octanol–water partition coefficient (Wildman–Crippen LogP) is 0.189. The van der Waals surface area contributed by atoms with Crippen LogP contribution in [0.5, 0.6) is 0 Å². The summed E-state index contributed by atoms with van der Waals surface area (Å²) in [4.78, 5) is 14.5. The third kappa shape index (κ3) is 2.47. The lowest BCUT2D eigenvalue weighted by Gasteiger charge is -2.08. The molecule has 4 nitrogen and oxygen atoms in total. The topological polar surface area (TPSA) is 75.7 Å². The largest absolute Gasteiger partial charge is 0.480 e. The second-order valence-corrected chi connectivity index (χ2v) is 2.71. The van der Waals surface area contributed by atoms with Crippen molar-refractivity contribution in [1.29, 1.82) is 0 Å². The van der Waals surface area contributed by atoms with Crippen molar-refractivity contribution in [3.05, 3.63) is 12.2 Å². The number of rotatable bonds is 3. The molecule has 0 saturated carbocycles. The van der Waals surface area contributed by atoms with Gasteiger partial charge in [0.05, 0.1) is 0 Å². The molecular weight excluding hydrogens is 156 g/mol. The zero-order chi connectivity index (χ0) is 8.97. The molecule has 0 bridgehead atoms. The third-order valence-corrected chi connectivity index (χ3v) is 1.67. The number of carboxylic acid groups (broad SMARTS) is 1. The summed E-state index contributed by atoms with van der Waals surface area (Å²) >= 11 is 0. The lowest BCUT2D eigenvalue weighted by Crippen LogP contribution is -2.32. The lowest BCUT2D eigenvalue weighted by molar-refractivity contribution is -0.138. The van der Waals surface area contributed by atoms with Crippen molar-refractivity contribution in [3.8, 4) is 0 Å². The summed E-state index contributed by atoms with van der Waals surface area (Å²) in [7, 11) is 0. The smallest absolute Gasteiger partial charge is 0.320 e. The number of carbonyl (C=O) groups is 1. The Morgan fingerprint density at radius 2 is 2.58 bits per heavy atom. The van der Waals surface area contributed by atoms with Crippen LogP contribution in [0.1, 0.15) is 12.8 Å². The van der Waals surface area contributed by atoms with Crippen LogP contribution in [0.2, 0.25) is 0 Å². The van der Waals surface area contributed by atoms with E-state index in [1.807, 2.05) is 12.2 Å². The monoisotopic (exact) mass is 168 g/mol. The molecule has 0 radical (unpaired) electrons. The highest BCUT2D eigenvalue weighted by Gasteiger charge is 2.13. The average molecular weight is 168 g/mol. The maximum absolute atomic E-state index is 10.4. The summed E-state index contributed by atoms with van der Waals surface area (Å²) in [6, 6.07) is -0.827. The van der Waals surface area contributed by atoms with Crippen molar-refractivity contribution in [3.63, 3.8) is 0 Å². The second kappa shape index (κ2) is 4.01. The average Bonchev–Trinajstić information content (AvgIpc) is 2.06. The van der Waals surface area contributed by atoms with E-state index in [-0.39, 0.29) is 0 Å². The Bertz CT molecular complexity index is 233. The molecule has 12 heavy (non-hydrogen) atoms. The molecule has 0 aromatic carbocycles. The number of nitrogens with two attached hydrogens (primary N) is 1. The fourth-order valence-electron chi connectivity index (χ4n) is 1.000. The van der Waals surface area contributed by atoms with Crippen molar-refractivity contribution >= 4 is 11.7 Å². The van der Waals surface area contributed by atoms with Gasteiger partial charge in [-0.2, -0.15) is 0 Å². The molecule has 3 N–H and O–H groups in total. The van der Waals surface area contributed by atoms with Gasteiger partial charge in [0.15, 0.2) is 0 Å². The Balaban J connectivity index is 2.45. The van der Waals surface area contributed by atoms with Crippen molar-refractivity contribution in [1.82, 2.24) is 0 Å². The molecule has 0 aliphatic carbocycles. The quantitative estimate of drug-likeness (QED) is 0.631. The molecule has 0 aromatic rings. The van der Waals surface area contributed by atoms with Gasteiger partial charge in [-0.05, 0) is 12.5 Å². The molecule has 1 atom stereocenters. The van der Waals surface area contributed by atoms with Gasteiger partial charge in [-0.15, -0.1) is 0 Å². The molecule has 1 rings (SSSR count). The van der Waals surface area contributed by atoms with Crippen molar-refractivity contribution in [2.24, 2.45) is 10.7 Å². The zero-order valence-corrected chi connectivity index (χ0v) is 6.73. The van der Waals surface area contributed by atoms with Gasteiger partial charge in [0.2, 0.25) is 0 Å². The molecule has 1 aliphatic heterocycles. The first-order valence-electron chi connectivity index (χ1n) is 3.88. The summed E-state index contributed by atoms with van der Waals surface area (Å²) in [5, 5.41) is 8.51. The van der Waals surface area contributed by atoms with Gasteiger partial charge >= 0.3 is 5.97 Å². The minimum atomic E-state index is -0.975. The Morgan fingerprint density at radius 3 is 3.08 bits per heavy atom. The predicted molar refractivity (Wildman–Crippen MR) is 46.3 cm³/mol. The van der Waals surface area contributed by atoms with E-state index in [2.05, 4.69) is 4.99 Å². The molecule has 1 aliphatic rings. The molecule has 0 amide bonds. The number of aliphatic carboxylic acids is 1. The molecule has 0 unspecified atom stereocenters. The van der Waals surface area contributed by atoms with Crippen LogP contribution in [0.15, 0.2) is 17.1 Å².